The molecule has 0 bridgehead atoms. The zero-order valence-electron chi connectivity index (χ0n) is 12.2. The highest BCUT2D eigenvalue weighted by Crippen LogP contribution is 2.22. The van der Waals surface area contributed by atoms with Crippen LogP contribution in [0.1, 0.15) is 18.9 Å². The molecule has 0 amide bonds. The number of thiophene rings is 1. The number of hydrogen-bond donors (Lipinski definition) is 1. The number of nitrogens with zero attached hydrogens (tertiary/aromatic N) is 2. The van der Waals surface area contributed by atoms with Gasteiger partial charge < -0.3 is 5.11 Å². The lowest BCUT2D eigenvalue weighted by molar-refractivity contribution is -0.131. The van der Waals surface area contributed by atoms with Crippen LogP contribution in [0, 0.1) is 5.92 Å². The standard InChI is InChI=1S/C17H16N2O2S/c1-2-12(8-11-6-4-3-5-7-11)14(17(20)21)16-15-13(9-22-16)18-10-19-15/h3-7,9-10,12H,2,8H2,1H3,(H,20,21). The maximum atomic E-state index is 11.9. The molecule has 2 heterocycles. The van der Waals surface area contributed by atoms with Gasteiger partial charge in [-0.05, 0) is 24.3 Å². The van der Waals surface area contributed by atoms with Gasteiger partial charge in [0.2, 0.25) is 0 Å². The smallest absolute Gasteiger partial charge is 0.333 e. The molecule has 3 rings (SSSR count). The average Bonchev–Trinajstić information content (AvgIpc) is 3.12. The Labute approximate surface area is 132 Å². The Balaban J connectivity index is 2.09. The van der Waals surface area contributed by atoms with Gasteiger partial charge in [0.05, 0.1) is 10.1 Å². The van der Waals surface area contributed by atoms with Crippen LogP contribution in [-0.4, -0.2) is 17.4 Å². The summed E-state index contributed by atoms with van der Waals surface area (Å²) in [6, 6.07) is 10.0. The summed E-state index contributed by atoms with van der Waals surface area (Å²) in [7, 11) is 0. The molecule has 0 saturated heterocycles. The largest absolute Gasteiger partial charge is 0.478 e. The molecule has 2 aromatic rings. The van der Waals surface area contributed by atoms with Gasteiger partial charge in [-0.25, -0.2) is 14.8 Å². The van der Waals surface area contributed by atoms with Crippen LogP contribution < -0.4 is 9.89 Å². The van der Waals surface area contributed by atoms with E-state index in [-0.39, 0.29) is 5.92 Å². The predicted molar refractivity (Wildman–Crippen MR) is 88.2 cm³/mol. The molecule has 0 aliphatic carbocycles. The first kappa shape index (κ1) is 14.7. The molecule has 0 fully saturated rings. The van der Waals surface area contributed by atoms with Crippen molar-refractivity contribution in [1.29, 1.82) is 0 Å². The van der Waals surface area contributed by atoms with E-state index in [4.69, 9.17) is 0 Å². The second kappa shape index (κ2) is 6.23. The minimum absolute atomic E-state index is 0.0431. The number of rotatable bonds is 5. The van der Waals surface area contributed by atoms with Crippen molar-refractivity contribution in [3.05, 3.63) is 51.2 Å². The number of aliphatic imine (C=N–C) groups is 1. The molecule has 1 aliphatic rings. The highest BCUT2D eigenvalue weighted by molar-refractivity contribution is 7.08. The van der Waals surface area contributed by atoms with Crippen LogP contribution in [0.5, 0.6) is 0 Å². The summed E-state index contributed by atoms with van der Waals surface area (Å²) in [5.74, 6) is -0.909. The van der Waals surface area contributed by atoms with Crippen LogP contribution in [0.2, 0.25) is 0 Å². The van der Waals surface area contributed by atoms with Crippen molar-refractivity contribution in [2.24, 2.45) is 15.9 Å². The molecular weight excluding hydrogens is 296 g/mol. The van der Waals surface area contributed by atoms with Crippen LogP contribution in [0.4, 0.5) is 5.69 Å². The molecular formula is C17H16N2O2S. The normalized spacial score (nSPS) is 15.1. The third-order valence-electron chi connectivity index (χ3n) is 3.83. The Morgan fingerprint density at radius 2 is 2.09 bits per heavy atom. The molecule has 5 heteroatoms. The summed E-state index contributed by atoms with van der Waals surface area (Å²) < 4.78 is 0.739. The zero-order valence-corrected chi connectivity index (χ0v) is 13.0. The van der Waals surface area contributed by atoms with Crippen molar-refractivity contribution in [1.82, 2.24) is 0 Å². The SMILES string of the molecule is CCC(Cc1ccccc1)C(C(=O)O)=c1scc2c1=NC=N2. The van der Waals surface area contributed by atoms with Crippen LogP contribution in [0.3, 0.4) is 0 Å². The molecule has 1 N–H and O–H groups in total. The molecule has 4 nitrogen and oxygen atoms in total. The quantitative estimate of drug-likeness (QED) is 0.922. The van der Waals surface area contributed by atoms with E-state index < -0.39 is 5.97 Å². The second-order valence-corrected chi connectivity index (χ2v) is 6.07. The van der Waals surface area contributed by atoms with Crippen LogP contribution >= 0.6 is 11.3 Å². The number of carboxylic acids is 1. The molecule has 0 spiro atoms. The summed E-state index contributed by atoms with van der Waals surface area (Å²) >= 11 is 1.42. The number of hydrogen-bond acceptors (Lipinski definition) is 4. The van der Waals surface area contributed by atoms with Gasteiger partial charge in [-0.1, -0.05) is 37.3 Å². The topological polar surface area (TPSA) is 62.0 Å². The molecule has 1 aromatic carbocycles. The Hall–Kier alpha value is -2.27. The molecule has 22 heavy (non-hydrogen) atoms. The second-order valence-electron chi connectivity index (χ2n) is 5.19. The Kier molecular flexibility index (Phi) is 4.15. The first-order valence-corrected chi connectivity index (χ1v) is 8.08. The van der Waals surface area contributed by atoms with E-state index in [0.29, 0.717) is 17.4 Å². The van der Waals surface area contributed by atoms with E-state index in [1.165, 1.54) is 17.7 Å². The van der Waals surface area contributed by atoms with Gasteiger partial charge in [0.1, 0.15) is 17.4 Å². The maximum Gasteiger partial charge on any atom is 0.333 e. The minimum Gasteiger partial charge on any atom is -0.478 e. The van der Waals surface area contributed by atoms with E-state index in [1.54, 1.807) is 0 Å². The first-order valence-electron chi connectivity index (χ1n) is 7.20. The van der Waals surface area contributed by atoms with Gasteiger partial charge >= 0.3 is 5.97 Å². The number of carbonyl (C=O) groups is 1. The van der Waals surface area contributed by atoms with E-state index in [0.717, 1.165) is 22.2 Å². The predicted octanol–water partition coefficient (Wildman–Crippen LogP) is 2.55. The van der Waals surface area contributed by atoms with E-state index in [9.17, 15) is 9.90 Å². The third kappa shape index (κ3) is 2.72. The summed E-state index contributed by atoms with van der Waals surface area (Å²) in [6.07, 6.45) is 2.97. The van der Waals surface area contributed by atoms with Crippen molar-refractivity contribution in [3.8, 4) is 0 Å². The van der Waals surface area contributed by atoms with Crippen molar-refractivity contribution in [3.63, 3.8) is 0 Å². The van der Waals surface area contributed by atoms with Gasteiger partial charge in [0, 0.05) is 5.38 Å². The molecule has 1 aliphatic heterocycles. The van der Waals surface area contributed by atoms with Crippen molar-refractivity contribution >= 4 is 34.9 Å². The number of aliphatic carboxylic acids is 1. The Morgan fingerprint density at radius 1 is 1.32 bits per heavy atom. The van der Waals surface area contributed by atoms with Gasteiger partial charge in [0.15, 0.2) is 0 Å². The van der Waals surface area contributed by atoms with Crippen molar-refractivity contribution in [2.45, 2.75) is 19.8 Å². The van der Waals surface area contributed by atoms with Crippen LogP contribution in [0.15, 0.2) is 45.7 Å². The highest BCUT2D eigenvalue weighted by Gasteiger charge is 2.22. The van der Waals surface area contributed by atoms with Crippen LogP contribution in [0.25, 0.3) is 5.57 Å². The number of benzene rings is 1. The summed E-state index contributed by atoms with van der Waals surface area (Å²) in [5, 5.41) is 12.3. The number of carboxylic acid groups (broad SMARTS) is 1. The highest BCUT2D eigenvalue weighted by atomic mass is 32.1. The fourth-order valence-electron chi connectivity index (χ4n) is 2.71. The number of fused-ring (bicyclic) bond motifs is 1. The lowest BCUT2D eigenvalue weighted by Gasteiger charge is -2.15. The van der Waals surface area contributed by atoms with Gasteiger partial charge in [-0.2, -0.15) is 0 Å². The van der Waals surface area contributed by atoms with Crippen molar-refractivity contribution in [2.75, 3.05) is 0 Å². The first-order chi connectivity index (χ1) is 10.7. The summed E-state index contributed by atoms with van der Waals surface area (Å²) in [5.41, 5.74) is 2.37. The minimum atomic E-state index is -0.866. The van der Waals surface area contributed by atoms with Crippen LogP contribution in [-0.2, 0) is 11.2 Å². The molecule has 112 valence electrons. The Bertz CT molecular complexity index is 837. The van der Waals surface area contributed by atoms with Crippen molar-refractivity contribution < 1.29 is 9.90 Å². The lowest BCUT2D eigenvalue weighted by atomic mass is 9.89. The fraction of sp³-hybridized carbons (Fsp3) is 0.235. The summed E-state index contributed by atoms with van der Waals surface area (Å²) in [4.78, 5) is 20.2. The van der Waals surface area contributed by atoms with E-state index >= 15 is 0 Å². The molecule has 1 aromatic heterocycles. The zero-order chi connectivity index (χ0) is 15.5. The lowest BCUT2D eigenvalue weighted by Crippen LogP contribution is -2.28. The Morgan fingerprint density at radius 3 is 2.77 bits per heavy atom. The third-order valence-corrected chi connectivity index (χ3v) is 4.82. The molecule has 1 atom stereocenters. The molecule has 0 radical (unpaired) electrons. The fourth-order valence-corrected chi connectivity index (χ4v) is 3.76. The van der Waals surface area contributed by atoms with E-state index in [2.05, 4.69) is 9.98 Å². The monoisotopic (exact) mass is 312 g/mol. The average molecular weight is 312 g/mol. The summed E-state index contributed by atoms with van der Waals surface area (Å²) in [6.45, 7) is 2.03. The van der Waals surface area contributed by atoms with Gasteiger partial charge in [0.25, 0.3) is 0 Å². The maximum absolute atomic E-state index is 11.9. The van der Waals surface area contributed by atoms with Gasteiger partial charge in [-0.3, -0.25) is 0 Å². The molecule has 0 saturated carbocycles. The van der Waals surface area contributed by atoms with Gasteiger partial charge in [-0.15, -0.1) is 11.3 Å². The molecule has 1 unspecified atom stereocenters. The van der Waals surface area contributed by atoms with E-state index in [1.807, 2.05) is 42.6 Å².